The van der Waals surface area contributed by atoms with Gasteiger partial charge < -0.3 is 5.32 Å². The van der Waals surface area contributed by atoms with E-state index in [1.807, 2.05) is 28.8 Å². The number of fused-ring (bicyclic) bond motifs is 3. The number of amides is 1. The van der Waals surface area contributed by atoms with Crippen molar-refractivity contribution >= 4 is 22.6 Å². The molecule has 1 aliphatic rings. The third-order valence-electron chi connectivity index (χ3n) is 3.81. The van der Waals surface area contributed by atoms with Crippen molar-refractivity contribution in [3.8, 4) is 0 Å². The van der Waals surface area contributed by atoms with E-state index in [4.69, 9.17) is 0 Å². The number of nitrogens with zero attached hydrogens (tertiary/aromatic N) is 3. The molecule has 4 rings (SSSR count). The van der Waals surface area contributed by atoms with Gasteiger partial charge in [-0.2, -0.15) is 4.99 Å². The van der Waals surface area contributed by atoms with Crippen LogP contribution in [0.1, 0.15) is 10.4 Å². The van der Waals surface area contributed by atoms with E-state index in [1.54, 1.807) is 0 Å². The molecule has 3 aromatic rings. The minimum atomic E-state index is -0.436. The molecule has 0 bridgehead atoms. The van der Waals surface area contributed by atoms with Gasteiger partial charge >= 0.3 is 0 Å². The van der Waals surface area contributed by atoms with E-state index in [9.17, 15) is 9.18 Å². The molecule has 1 amide bonds. The highest BCUT2D eigenvalue weighted by Gasteiger charge is 2.15. The Kier molecular flexibility index (Phi) is 3.15. The Labute approximate surface area is 131 Å². The number of rotatable bonds is 1. The van der Waals surface area contributed by atoms with Gasteiger partial charge in [0.15, 0.2) is 0 Å². The summed E-state index contributed by atoms with van der Waals surface area (Å²) in [5, 5.41) is 4.30. The number of hydrogen-bond acceptors (Lipinski definition) is 3. The number of carbonyl (C=O) groups excluding carboxylic acids is 1. The Hall–Kier alpha value is -3.02. The maximum Gasteiger partial charge on any atom is 0.280 e. The molecule has 114 valence electrons. The number of anilines is 1. The molecule has 0 aliphatic carbocycles. The predicted molar refractivity (Wildman–Crippen MR) is 84.5 cm³/mol. The number of aromatic nitrogens is 2. The average molecular weight is 308 g/mol. The van der Waals surface area contributed by atoms with Crippen molar-refractivity contribution < 1.29 is 9.18 Å². The van der Waals surface area contributed by atoms with Gasteiger partial charge in [-0.3, -0.25) is 9.36 Å². The van der Waals surface area contributed by atoms with E-state index in [0.29, 0.717) is 17.7 Å². The SMILES string of the molecule is O=C(N=c1nc2ccccc2c2n1CCN2)c1ccc(F)cc1. The van der Waals surface area contributed by atoms with E-state index in [1.165, 1.54) is 24.3 Å². The normalized spacial score (nSPS) is 13.9. The van der Waals surface area contributed by atoms with Gasteiger partial charge in [-0.05, 0) is 36.4 Å². The second kappa shape index (κ2) is 5.31. The van der Waals surface area contributed by atoms with Crippen LogP contribution in [0.3, 0.4) is 0 Å². The Balaban J connectivity index is 1.88. The van der Waals surface area contributed by atoms with Crippen LogP contribution < -0.4 is 10.9 Å². The number of benzene rings is 2. The highest BCUT2D eigenvalue weighted by molar-refractivity contribution is 5.95. The van der Waals surface area contributed by atoms with Crippen molar-refractivity contribution in [2.45, 2.75) is 6.54 Å². The van der Waals surface area contributed by atoms with Crippen LogP contribution >= 0.6 is 0 Å². The van der Waals surface area contributed by atoms with E-state index in [2.05, 4.69) is 15.3 Å². The lowest BCUT2D eigenvalue weighted by Gasteiger charge is -2.07. The summed E-state index contributed by atoms with van der Waals surface area (Å²) in [6.07, 6.45) is 0. The van der Waals surface area contributed by atoms with Crippen molar-refractivity contribution in [3.05, 3.63) is 65.5 Å². The topological polar surface area (TPSA) is 59.3 Å². The Bertz CT molecular complexity index is 976. The van der Waals surface area contributed by atoms with Crippen molar-refractivity contribution in [2.75, 3.05) is 11.9 Å². The van der Waals surface area contributed by atoms with Crippen LogP contribution in [-0.2, 0) is 6.54 Å². The van der Waals surface area contributed by atoms with Crippen LogP contribution in [-0.4, -0.2) is 22.0 Å². The van der Waals surface area contributed by atoms with Crippen LogP contribution in [0.15, 0.2) is 53.5 Å². The minimum absolute atomic E-state index is 0.335. The van der Waals surface area contributed by atoms with Gasteiger partial charge in [0.05, 0.1) is 5.52 Å². The molecule has 0 saturated heterocycles. The van der Waals surface area contributed by atoms with Crippen LogP contribution in [0.4, 0.5) is 10.2 Å². The fourth-order valence-electron chi connectivity index (χ4n) is 2.71. The lowest BCUT2D eigenvalue weighted by atomic mass is 10.2. The first-order valence-electron chi connectivity index (χ1n) is 7.30. The number of hydrogen-bond donors (Lipinski definition) is 1. The summed E-state index contributed by atoms with van der Waals surface area (Å²) in [6, 6.07) is 13.1. The zero-order chi connectivity index (χ0) is 15.8. The molecule has 0 radical (unpaired) electrons. The van der Waals surface area contributed by atoms with Gasteiger partial charge in [0.2, 0.25) is 5.62 Å². The molecule has 5 nitrogen and oxygen atoms in total. The largest absolute Gasteiger partial charge is 0.369 e. The lowest BCUT2D eigenvalue weighted by Crippen LogP contribution is -2.24. The second-order valence-corrected chi connectivity index (χ2v) is 5.28. The summed E-state index contributed by atoms with van der Waals surface area (Å²) >= 11 is 0. The average Bonchev–Trinajstić information content (AvgIpc) is 3.06. The summed E-state index contributed by atoms with van der Waals surface area (Å²) in [6.45, 7) is 1.46. The van der Waals surface area contributed by atoms with E-state index in [0.717, 1.165) is 23.3 Å². The van der Waals surface area contributed by atoms with Crippen molar-refractivity contribution in [1.29, 1.82) is 0 Å². The first-order valence-corrected chi connectivity index (χ1v) is 7.30. The number of carbonyl (C=O) groups is 1. The first-order chi connectivity index (χ1) is 11.2. The fourth-order valence-corrected chi connectivity index (χ4v) is 2.71. The molecule has 0 saturated carbocycles. The minimum Gasteiger partial charge on any atom is -0.369 e. The zero-order valence-corrected chi connectivity index (χ0v) is 12.2. The highest BCUT2D eigenvalue weighted by atomic mass is 19.1. The molecule has 1 aliphatic heterocycles. The van der Waals surface area contributed by atoms with Crippen LogP contribution in [0.2, 0.25) is 0 Å². The van der Waals surface area contributed by atoms with Crippen LogP contribution in [0.5, 0.6) is 0 Å². The van der Waals surface area contributed by atoms with Gasteiger partial charge in [-0.1, -0.05) is 12.1 Å². The Morgan fingerprint density at radius 3 is 2.78 bits per heavy atom. The van der Waals surface area contributed by atoms with E-state index in [-0.39, 0.29) is 5.82 Å². The monoisotopic (exact) mass is 308 g/mol. The molecular weight excluding hydrogens is 295 g/mol. The molecule has 6 heteroatoms. The maximum absolute atomic E-state index is 13.0. The molecule has 0 spiro atoms. The summed E-state index contributed by atoms with van der Waals surface area (Å²) in [5.41, 5.74) is 1.47. The summed E-state index contributed by atoms with van der Waals surface area (Å²) < 4.78 is 14.9. The van der Waals surface area contributed by atoms with Crippen molar-refractivity contribution in [2.24, 2.45) is 4.99 Å². The highest BCUT2D eigenvalue weighted by Crippen LogP contribution is 2.22. The summed E-state index contributed by atoms with van der Waals surface area (Å²) in [7, 11) is 0. The molecular formula is C17H13FN4O. The molecule has 1 N–H and O–H groups in total. The quantitative estimate of drug-likeness (QED) is 0.750. The standard InChI is InChI=1S/C17H13FN4O/c18-12-7-5-11(6-8-12)16(23)21-17-20-14-4-2-1-3-13(14)15-19-9-10-22(15)17/h1-8,19H,9-10H2. The smallest absolute Gasteiger partial charge is 0.280 e. The van der Waals surface area contributed by atoms with Gasteiger partial charge in [0.25, 0.3) is 5.91 Å². The van der Waals surface area contributed by atoms with Crippen molar-refractivity contribution in [1.82, 2.24) is 9.55 Å². The first kappa shape index (κ1) is 13.6. The Morgan fingerprint density at radius 2 is 1.96 bits per heavy atom. The van der Waals surface area contributed by atoms with Gasteiger partial charge in [0.1, 0.15) is 11.6 Å². The molecule has 0 unspecified atom stereocenters. The molecule has 0 atom stereocenters. The molecule has 1 aromatic heterocycles. The second-order valence-electron chi connectivity index (χ2n) is 5.28. The zero-order valence-electron chi connectivity index (χ0n) is 12.2. The number of nitrogens with one attached hydrogen (secondary N) is 1. The van der Waals surface area contributed by atoms with Gasteiger partial charge in [-0.15, -0.1) is 0 Å². The Morgan fingerprint density at radius 1 is 1.17 bits per heavy atom. The summed E-state index contributed by atoms with van der Waals surface area (Å²) in [4.78, 5) is 20.9. The third kappa shape index (κ3) is 2.38. The molecule has 2 heterocycles. The van der Waals surface area contributed by atoms with Gasteiger partial charge in [-0.25, -0.2) is 9.37 Å². The van der Waals surface area contributed by atoms with Crippen LogP contribution in [0.25, 0.3) is 10.9 Å². The van der Waals surface area contributed by atoms with Crippen LogP contribution in [0, 0.1) is 5.82 Å². The van der Waals surface area contributed by atoms with Crippen molar-refractivity contribution in [3.63, 3.8) is 0 Å². The van der Waals surface area contributed by atoms with E-state index >= 15 is 0 Å². The predicted octanol–water partition coefficient (Wildman–Crippen LogP) is 2.34. The maximum atomic E-state index is 13.0. The lowest BCUT2D eigenvalue weighted by molar-refractivity contribution is 0.0996. The van der Waals surface area contributed by atoms with E-state index < -0.39 is 5.91 Å². The third-order valence-corrected chi connectivity index (χ3v) is 3.81. The molecule has 0 fully saturated rings. The number of halogens is 1. The number of para-hydroxylation sites is 1. The molecule has 2 aromatic carbocycles. The van der Waals surface area contributed by atoms with Gasteiger partial charge in [0, 0.05) is 24.0 Å². The summed E-state index contributed by atoms with van der Waals surface area (Å²) in [5.74, 6) is 0.0977. The fraction of sp³-hybridized carbons (Fsp3) is 0.118. The molecule has 23 heavy (non-hydrogen) atoms.